The van der Waals surface area contributed by atoms with Crippen LogP contribution in [0.25, 0.3) is 10.9 Å². The van der Waals surface area contributed by atoms with Gasteiger partial charge in [-0.05, 0) is 43.2 Å². The molecule has 150 valence electrons. The number of sulfone groups is 1. The molecule has 0 radical (unpaired) electrons. The Labute approximate surface area is 168 Å². The van der Waals surface area contributed by atoms with Crippen LogP contribution in [0.1, 0.15) is 31.7 Å². The number of nitriles is 1. The molecule has 0 amide bonds. The minimum atomic E-state index is -3.29. The van der Waals surface area contributed by atoms with E-state index in [1.54, 1.807) is 29.1 Å². The van der Waals surface area contributed by atoms with Gasteiger partial charge in [-0.2, -0.15) is 10.4 Å². The first kappa shape index (κ1) is 19.2. The lowest BCUT2D eigenvalue weighted by Crippen LogP contribution is -2.23. The number of fused-ring (bicyclic) bond motifs is 1. The van der Waals surface area contributed by atoms with Crippen LogP contribution in [0.2, 0.25) is 0 Å². The third-order valence-electron chi connectivity index (χ3n) is 5.38. The fourth-order valence-corrected chi connectivity index (χ4v) is 4.55. The Balaban J connectivity index is 1.77. The van der Waals surface area contributed by atoms with Gasteiger partial charge >= 0.3 is 0 Å². The van der Waals surface area contributed by atoms with Crippen molar-refractivity contribution < 1.29 is 8.42 Å². The first-order valence-electron chi connectivity index (χ1n) is 9.45. The second kappa shape index (κ2) is 7.37. The van der Waals surface area contributed by atoms with Crippen LogP contribution < -0.4 is 10.9 Å². The first-order chi connectivity index (χ1) is 13.9. The molecule has 0 aliphatic heterocycles. The predicted molar refractivity (Wildman–Crippen MR) is 110 cm³/mol. The Bertz CT molecular complexity index is 1250. The van der Waals surface area contributed by atoms with Gasteiger partial charge in [-0.25, -0.2) is 8.42 Å². The number of pyridine rings is 1. The Morgan fingerprint density at radius 1 is 1.21 bits per heavy atom. The van der Waals surface area contributed by atoms with E-state index in [9.17, 15) is 18.5 Å². The van der Waals surface area contributed by atoms with E-state index in [-0.39, 0.29) is 22.4 Å². The zero-order valence-electron chi connectivity index (χ0n) is 15.9. The van der Waals surface area contributed by atoms with Crippen molar-refractivity contribution in [1.29, 1.82) is 5.26 Å². The molecule has 29 heavy (non-hydrogen) atoms. The number of aromatic nitrogens is 3. The van der Waals surface area contributed by atoms with E-state index >= 15 is 0 Å². The predicted octanol–water partition coefficient (Wildman–Crippen LogP) is 3.13. The molecule has 8 nitrogen and oxygen atoms in total. The molecule has 1 aromatic carbocycles. The molecule has 0 spiro atoms. The monoisotopic (exact) mass is 411 g/mol. The molecule has 4 rings (SSSR count). The van der Waals surface area contributed by atoms with Crippen LogP contribution in [-0.2, 0) is 9.84 Å². The molecule has 1 saturated carbocycles. The van der Waals surface area contributed by atoms with Gasteiger partial charge in [0.2, 0.25) is 0 Å². The van der Waals surface area contributed by atoms with Gasteiger partial charge in [-0.3, -0.25) is 9.48 Å². The topological polar surface area (TPSA) is 121 Å². The summed E-state index contributed by atoms with van der Waals surface area (Å²) in [5, 5.41) is 17.8. The normalized spacial score (nSPS) is 19.7. The van der Waals surface area contributed by atoms with Crippen LogP contribution in [0.3, 0.4) is 0 Å². The highest BCUT2D eigenvalue weighted by atomic mass is 32.2. The van der Waals surface area contributed by atoms with E-state index < -0.39 is 9.84 Å². The Kier molecular flexibility index (Phi) is 4.88. The van der Waals surface area contributed by atoms with Crippen LogP contribution in [0.15, 0.2) is 46.2 Å². The summed E-state index contributed by atoms with van der Waals surface area (Å²) in [6.45, 7) is 0. The van der Waals surface area contributed by atoms with Crippen LogP contribution in [0.4, 0.5) is 11.5 Å². The Morgan fingerprint density at radius 3 is 2.62 bits per heavy atom. The number of aromatic amines is 1. The smallest absolute Gasteiger partial charge is 0.261 e. The Morgan fingerprint density at radius 2 is 1.93 bits per heavy atom. The van der Waals surface area contributed by atoms with Crippen LogP contribution >= 0.6 is 0 Å². The maximum atomic E-state index is 12.5. The number of hydrogen-bond acceptors (Lipinski definition) is 6. The van der Waals surface area contributed by atoms with Gasteiger partial charge in [0.25, 0.3) is 5.56 Å². The van der Waals surface area contributed by atoms with Crippen molar-refractivity contribution in [2.75, 3.05) is 11.6 Å². The highest BCUT2D eigenvalue weighted by molar-refractivity contribution is 7.90. The maximum absolute atomic E-state index is 12.5. The van der Waals surface area contributed by atoms with Crippen LogP contribution in [0.5, 0.6) is 0 Å². The maximum Gasteiger partial charge on any atom is 0.261 e. The van der Waals surface area contributed by atoms with Crippen molar-refractivity contribution in [2.24, 2.45) is 5.92 Å². The molecule has 2 N–H and O–H groups in total. The highest BCUT2D eigenvalue weighted by Crippen LogP contribution is 2.36. The van der Waals surface area contributed by atoms with Crippen molar-refractivity contribution in [2.45, 2.75) is 36.6 Å². The number of rotatable bonds is 4. The number of benzene rings is 1. The largest absolute Gasteiger partial charge is 0.338 e. The molecular formula is C20H21N5O3S. The van der Waals surface area contributed by atoms with E-state index in [0.29, 0.717) is 22.4 Å². The van der Waals surface area contributed by atoms with Crippen LogP contribution in [0, 0.1) is 17.2 Å². The van der Waals surface area contributed by atoms with Crippen LogP contribution in [-0.4, -0.2) is 29.4 Å². The van der Waals surface area contributed by atoms with Gasteiger partial charge in [0, 0.05) is 18.1 Å². The summed E-state index contributed by atoms with van der Waals surface area (Å²) in [7, 11) is -3.29. The van der Waals surface area contributed by atoms with E-state index in [0.717, 1.165) is 31.9 Å². The minimum Gasteiger partial charge on any atom is -0.338 e. The fourth-order valence-electron chi connectivity index (χ4n) is 3.92. The van der Waals surface area contributed by atoms with Crippen molar-refractivity contribution in [1.82, 2.24) is 14.8 Å². The molecule has 1 fully saturated rings. The zero-order valence-corrected chi connectivity index (χ0v) is 16.7. The third-order valence-corrected chi connectivity index (χ3v) is 6.51. The van der Waals surface area contributed by atoms with E-state index in [1.165, 1.54) is 12.1 Å². The number of nitrogens with zero attached hydrogens (tertiary/aromatic N) is 3. The van der Waals surface area contributed by atoms with Gasteiger partial charge in [0.15, 0.2) is 15.7 Å². The summed E-state index contributed by atoms with van der Waals surface area (Å²) >= 11 is 0. The van der Waals surface area contributed by atoms with Gasteiger partial charge in [0.05, 0.1) is 28.4 Å². The summed E-state index contributed by atoms with van der Waals surface area (Å²) in [4.78, 5) is 15.4. The molecule has 2 atom stereocenters. The fraction of sp³-hybridized carbons (Fsp3) is 0.350. The lowest BCUT2D eigenvalue weighted by molar-refractivity contribution is 0.277. The van der Waals surface area contributed by atoms with Crippen molar-refractivity contribution in [3.8, 4) is 6.07 Å². The molecule has 0 saturated heterocycles. The third kappa shape index (κ3) is 3.63. The van der Waals surface area contributed by atoms with Gasteiger partial charge in [-0.1, -0.05) is 12.8 Å². The van der Waals surface area contributed by atoms with Crippen molar-refractivity contribution in [3.05, 3.63) is 46.9 Å². The quantitative estimate of drug-likeness (QED) is 0.680. The van der Waals surface area contributed by atoms with Crippen molar-refractivity contribution in [3.63, 3.8) is 0 Å². The molecular weight excluding hydrogens is 390 g/mol. The molecule has 3 aromatic rings. The summed E-state index contributed by atoms with van der Waals surface area (Å²) in [5.74, 6) is 0.240. The standard InChI is InChI=1S/C20H21N5O3S/c1-29(27,28)15-8-6-14(7-9-15)23-19-18-17(10-11-22-20(18)26)25(24-19)16-5-3-2-4-13(16)12-21/h6-11,13,16H,2-5H2,1H3,(H,22,26)(H,23,24)/t13-,16+/m0/s1. The molecule has 0 unspecified atom stereocenters. The number of H-pyrrole nitrogens is 1. The number of anilines is 2. The van der Waals surface area contributed by atoms with Gasteiger partial charge in [0.1, 0.15) is 5.39 Å². The average molecular weight is 411 g/mol. The Hall–Kier alpha value is -3.12. The highest BCUT2D eigenvalue weighted by Gasteiger charge is 2.29. The summed E-state index contributed by atoms with van der Waals surface area (Å²) in [6, 6.07) is 10.4. The minimum absolute atomic E-state index is 0.0822. The summed E-state index contributed by atoms with van der Waals surface area (Å²) in [6.07, 6.45) is 6.43. The molecule has 1 aliphatic rings. The lowest BCUT2D eigenvalue weighted by Gasteiger charge is -2.27. The summed E-state index contributed by atoms with van der Waals surface area (Å²) < 4.78 is 25.1. The van der Waals surface area contributed by atoms with E-state index in [4.69, 9.17) is 0 Å². The number of hydrogen-bond donors (Lipinski definition) is 2. The van der Waals surface area contributed by atoms with E-state index in [1.807, 2.05) is 0 Å². The van der Waals surface area contributed by atoms with Crippen molar-refractivity contribution >= 4 is 32.2 Å². The summed E-state index contributed by atoms with van der Waals surface area (Å²) in [5.41, 5.74) is 1.03. The second-order valence-electron chi connectivity index (χ2n) is 7.37. The molecule has 2 aromatic heterocycles. The molecule has 2 heterocycles. The zero-order chi connectivity index (χ0) is 20.6. The van der Waals surface area contributed by atoms with E-state index in [2.05, 4.69) is 21.5 Å². The number of nitrogens with one attached hydrogen (secondary N) is 2. The first-order valence-corrected chi connectivity index (χ1v) is 11.3. The average Bonchev–Trinajstić information content (AvgIpc) is 3.07. The van der Waals surface area contributed by atoms with Gasteiger partial charge < -0.3 is 10.3 Å². The SMILES string of the molecule is CS(=O)(=O)c1ccc(Nc2nn([C@@H]3CCCC[C@H]3C#N)c3cc[nH]c(=O)c23)cc1. The second-order valence-corrected chi connectivity index (χ2v) is 9.38. The van der Waals surface area contributed by atoms with Gasteiger partial charge in [-0.15, -0.1) is 0 Å². The molecule has 1 aliphatic carbocycles. The molecule has 9 heteroatoms. The lowest BCUT2D eigenvalue weighted by atomic mass is 9.85. The molecule has 0 bridgehead atoms.